The molecule has 2 N–H and O–H groups in total. The van der Waals surface area contributed by atoms with Crippen LogP contribution in [0.25, 0.3) is 0 Å². The predicted octanol–water partition coefficient (Wildman–Crippen LogP) is 4.73. The van der Waals surface area contributed by atoms with Crippen LogP contribution in [0.15, 0.2) is 18.2 Å². The molecule has 96 valence electrons. The molecule has 0 amide bonds. The molecule has 0 fully saturated rings. The first kappa shape index (κ1) is 14.1. The van der Waals surface area contributed by atoms with Crippen molar-refractivity contribution in [3.05, 3.63) is 29.3 Å². The molecule has 0 bridgehead atoms. The molecule has 0 aliphatic rings. The number of aryl methyl sites for hydroxylation is 2. The number of nitrogens with two attached hydrogens (primary N) is 1. The highest BCUT2D eigenvalue weighted by atomic mass is 14.6. The number of hydrogen-bond acceptors (Lipinski definition) is 1. The lowest BCUT2D eigenvalue weighted by Crippen LogP contribution is -1.97. The number of unbranched alkanes of at least 4 members (excludes halogenated alkanes) is 4. The van der Waals surface area contributed by atoms with Crippen LogP contribution in [-0.4, -0.2) is 0 Å². The summed E-state index contributed by atoms with van der Waals surface area (Å²) in [7, 11) is 0. The van der Waals surface area contributed by atoms with Crippen LogP contribution in [0.5, 0.6) is 0 Å². The molecule has 1 aromatic carbocycles. The van der Waals surface area contributed by atoms with E-state index in [2.05, 4.69) is 32.0 Å². The Hall–Kier alpha value is -0.980. The average Bonchev–Trinajstić information content (AvgIpc) is 2.32. The van der Waals surface area contributed by atoms with E-state index in [1.165, 1.54) is 56.1 Å². The van der Waals surface area contributed by atoms with E-state index in [0.717, 1.165) is 12.1 Å². The van der Waals surface area contributed by atoms with Crippen LogP contribution >= 0.6 is 0 Å². The van der Waals surface area contributed by atoms with E-state index < -0.39 is 0 Å². The molecule has 0 aliphatic heterocycles. The van der Waals surface area contributed by atoms with Gasteiger partial charge in [0.2, 0.25) is 0 Å². The Balaban J connectivity index is 2.47. The average molecular weight is 233 g/mol. The molecule has 0 saturated heterocycles. The lowest BCUT2D eigenvalue weighted by molar-refractivity contribution is 0.713. The second kappa shape index (κ2) is 8.16. The lowest BCUT2D eigenvalue weighted by atomic mass is 10.0. The van der Waals surface area contributed by atoms with Gasteiger partial charge in [0.25, 0.3) is 0 Å². The summed E-state index contributed by atoms with van der Waals surface area (Å²) >= 11 is 0. The normalized spacial score (nSPS) is 10.7. The minimum Gasteiger partial charge on any atom is -0.398 e. The Morgan fingerprint density at radius 2 is 1.53 bits per heavy atom. The Morgan fingerprint density at radius 3 is 2.12 bits per heavy atom. The third kappa shape index (κ3) is 5.25. The second-order valence-corrected chi connectivity index (χ2v) is 4.95. The summed E-state index contributed by atoms with van der Waals surface area (Å²) in [5, 5.41) is 0. The first-order valence-corrected chi connectivity index (χ1v) is 7.15. The molecular formula is C16H27N. The van der Waals surface area contributed by atoms with Crippen molar-refractivity contribution in [2.45, 2.75) is 65.2 Å². The molecule has 0 unspecified atom stereocenters. The van der Waals surface area contributed by atoms with Crippen molar-refractivity contribution in [2.24, 2.45) is 0 Å². The van der Waals surface area contributed by atoms with Crippen molar-refractivity contribution in [1.29, 1.82) is 0 Å². The highest BCUT2D eigenvalue weighted by molar-refractivity contribution is 5.49. The molecule has 1 aromatic rings. The maximum atomic E-state index is 6.11. The first-order valence-electron chi connectivity index (χ1n) is 7.15. The lowest BCUT2D eigenvalue weighted by Gasteiger charge is -2.08. The second-order valence-electron chi connectivity index (χ2n) is 4.95. The Bertz CT molecular complexity index is 317. The topological polar surface area (TPSA) is 26.0 Å². The van der Waals surface area contributed by atoms with E-state index in [9.17, 15) is 0 Å². The fourth-order valence-corrected chi connectivity index (χ4v) is 2.17. The number of rotatable bonds is 8. The van der Waals surface area contributed by atoms with E-state index in [0.29, 0.717) is 0 Å². The number of benzene rings is 1. The van der Waals surface area contributed by atoms with Gasteiger partial charge in [-0.3, -0.25) is 0 Å². The van der Waals surface area contributed by atoms with Gasteiger partial charge in [0.15, 0.2) is 0 Å². The van der Waals surface area contributed by atoms with Crippen LogP contribution in [0.2, 0.25) is 0 Å². The number of anilines is 1. The van der Waals surface area contributed by atoms with Crippen molar-refractivity contribution in [3.8, 4) is 0 Å². The van der Waals surface area contributed by atoms with Gasteiger partial charge in [0.05, 0.1) is 0 Å². The molecule has 0 atom stereocenters. The summed E-state index contributed by atoms with van der Waals surface area (Å²) < 4.78 is 0. The molecule has 1 nitrogen and oxygen atoms in total. The van der Waals surface area contributed by atoms with Crippen LogP contribution in [-0.2, 0) is 12.8 Å². The summed E-state index contributed by atoms with van der Waals surface area (Å²) in [5.41, 5.74) is 9.83. The summed E-state index contributed by atoms with van der Waals surface area (Å²) in [4.78, 5) is 0. The zero-order valence-corrected chi connectivity index (χ0v) is 11.5. The van der Waals surface area contributed by atoms with E-state index in [-0.39, 0.29) is 0 Å². The SMILES string of the molecule is CCCCCc1ccc(CCCCC)c(N)c1. The maximum absolute atomic E-state index is 6.11. The van der Waals surface area contributed by atoms with Crippen LogP contribution < -0.4 is 5.73 Å². The molecule has 0 heterocycles. The molecule has 1 heteroatoms. The highest BCUT2D eigenvalue weighted by Gasteiger charge is 2.01. The zero-order chi connectivity index (χ0) is 12.5. The van der Waals surface area contributed by atoms with Crippen LogP contribution in [0.1, 0.15) is 63.5 Å². The van der Waals surface area contributed by atoms with Crippen LogP contribution in [0, 0.1) is 0 Å². The third-order valence-electron chi connectivity index (χ3n) is 3.33. The molecule has 1 rings (SSSR count). The fraction of sp³-hybridized carbons (Fsp3) is 0.625. The Kier molecular flexibility index (Phi) is 6.76. The van der Waals surface area contributed by atoms with Crippen molar-refractivity contribution in [1.82, 2.24) is 0 Å². The van der Waals surface area contributed by atoms with Gasteiger partial charge in [0, 0.05) is 5.69 Å². The van der Waals surface area contributed by atoms with E-state index in [1.54, 1.807) is 0 Å². The van der Waals surface area contributed by atoms with Crippen molar-refractivity contribution >= 4 is 5.69 Å². The van der Waals surface area contributed by atoms with Gasteiger partial charge in [-0.25, -0.2) is 0 Å². The maximum Gasteiger partial charge on any atom is 0.0349 e. The van der Waals surface area contributed by atoms with Crippen LogP contribution in [0.3, 0.4) is 0 Å². The van der Waals surface area contributed by atoms with Crippen LogP contribution in [0.4, 0.5) is 5.69 Å². The number of hydrogen-bond donors (Lipinski definition) is 1. The highest BCUT2D eigenvalue weighted by Crippen LogP contribution is 2.18. The Morgan fingerprint density at radius 1 is 0.882 bits per heavy atom. The van der Waals surface area contributed by atoms with Crippen molar-refractivity contribution in [2.75, 3.05) is 5.73 Å². The summed E-state index contributed by atoms with van der Waals surface area (Å²) in [5.74, 6) is 0. The molecule has 17 heavy (non-hydrogen) atoms. The van der Waals surface area contributed by atoms with Crippen molar-refractivity contribution < 1.29 is 0 Å². The monoisotopic (exact) mass is 233 g/mol. The fourth-order valence-electron chi connectivity index (χ4n) is 2.17. The molecule has 0 aliphatic carbocycles. The summed E-state index contributed by atoms with van der Waals surface area (Å²) in [6.45, 7) is 4.48. The molecule has 0 saturated carbocycles. The van der Waals surface area contributed by atoms with E-state index in [1.807, 2.05) is 0 Å². The molecule has 0 spiro atoms. The van der Waals surface area contributed by atoms with E-state index in [4.69, 9.17) is 5.73 Å². The van der Waals surface area contributed by atoms with Gasteiger partial charge in [-0.15, -0.1) is 0 Å². The van der Waals surface area contributed by atoms with Gasteiger partial charge < -0.3 is 5.73 Å². The summed E-state index contributed by atoms with van der Waals surface area (Å²) in [6, 6.07) is 6.66. The quantitative estimate of drug-likeness (QED) is 0.509. The molecule has 0 aromatic heterocycles. The largest absolute Gasteiger partial charge is 0.398 e. The smallest absolute Gasteiger partial charge is 0.0349 e. The first-order chi connectivity index (χ1) is 8.27. The van der Waals surface area contributed by atoms with Gasteiger partial charge in [-0.05, 0) is 42.9 Å². The standard InChI is InChI=1S/C16H27N/c1-3-5-7-9-14-11-12-15(16(17)13-14)10-8-6-4-2/h11-13H,3-10,17H2,1-2H3. The summed E-state index contributed by atoms with van der Waals surface area (Å²) in [6.07, 6.45) is 10.0. The minimum absolute atomic E-state index is 0.995. The Labute approximate surface area is 106 Å². The zero-order valence-electron chi connectivity index (χ0n) is 11.5. The van der Waals surface area contributed by atoms with Gasteiger partial charge in [-0.1, -0.05) is 51.7 Å². The minimum atomic E-state index is 0.995. The van der Waals surface area contributed by atoms with Gasteiger partial charge in [0.1, 0.15) is 0 Å². The molecular weight excluding hydrogens is 206 g/mol. The number of nitrogen functional groups attached to an aromatic ring is 1. The predicted molar refractivity (Wildman–Crippen MR) is 77.3 cm³/mol. The van der Waals surface area contributed by atoms with E-state index >= 15 is 0 Å². The molecule has 0 radical (unpaired) electrons. The van der Waals surface area contributed by atoms with Gasteiger partial charge in [-0.2, -0.15) is 0 Å². The van der Waals surface area contributed by atoms with Gasteiger partial charge >= 0.3 is 0 Å². The van der Waals surface area contributed by atoms with Crippen molar-refractivity contribution in [3.63, 3.8) is 0 Å². The third-order valence-corrected chi connectivity index (χ3v) is 3.33.